The minimum Gasteiger partial charge on any atom is -0.465 e. The van der Waals surface area contributed by atoms with Gasteiger partial charge in [0.1, 0.15) is 6.29 Å². The summed E-state index contributed by atoms with van der Waals surface area (Å²) >= 11 is 0. The lowest BCUT2D eigenvalue weighted by atomic mass is 9.89. The van der Waals surface area contributed by atoms with E-state index in [9.17, 15) is 19.5 Å². The predicted octanol–water partition coefficient (Wildman–Crippen LogP) is 3.62. The Labute approximate surface area is 151 Å². The average Bonchev–Trinajstić information content (AvgIpc) is 2.60. The highest BCUT2D eigenvalue weighted by molar-refractivity contribution is 5.94. The Morgan fingerprint density at radius 3 is 2.38 bits per heavy atom. The Morgan fingerprint density at radius 1 is 1.15 bits per heavy atom. The van der Waals surface area contributed by atoms with Crippen LogP contribution in [-0.4, -0.2) is 29.4 Å². The molecule has 0 bridgehead atoms. The molecule has 2 aromatic rings. The molecule has 0 saturated heterocycles. The predicted molar refractivity (Wildman–Crippen MR) is 98.4 cm³/mol. The second kappa shape index (κ2) is 7.00. The van der Waals surface area contributed by atoms with Gasteiger partial charge in [-0.15, -0.1) is 0 Å². The normalized spacial score (nSPS) is 18.8. The van der Waals surface area contributed by atoms with Crippen molar-refractivity contribution in [3.8, 4) is 11.1 Å². The first-order valence-corrected chi connectivity index (χ1v) is 8.39. The van der Waals surface area contributed by atoms with Crippen LogP contribution in [0.25, 0.3) is 11.1 Å². The number of carbonyl (C=O) groups is 3. The maximum Gasteiger partial charge on any atom is 0.405 e. The van der Waals surface area contributed by atoms with E-state index in [2.05, 4.69) is 5.32 Å². The van der Waals surface area contributed by atoms with E-state index < -0.39 is 6.09 Å². The van der Waals surface area contributed by atoms with Crippen LogP contribution >= 0.6 is 0 Å². The van der Waals surface area contributed by atoms with Gasteiger partial charge in [0, 0.05) is 24.2 Å². The fraction of sp³-hybridized carbons (Fsp3) is 0.250. The van der Waals surface area contributed by atoms with Crippen molar-refractivity contribution < 1.29 is 19.5 Å². The van der Waals surface area contributed by atoms with Gasteiger partial charge in [-0.25, -0.2) is 4.79 Å². The molecule has 1 heterocycles. The van der Waals surface area contributed by atoms with Crippen molar-refractivity contribution in [1.82, 2.24) is 5.32 Å². The number of rotatable bonds is 3. The van der Waals surface area contributed by atoms with Crippen LogP contribution in [-0.2, 0) is 4.79 Å². The van der Waals surface area contributed by atoms with Gasteiger partial charge in [0.05, 0.1) is 6.04 Å². The van der Waals surface area contributed by atoms with E-state index in [1.807, 2.05) is 37.3 Å². The molecular weight excluding hydrogens is 332 g/mol. The molecular formula is C20H20N2O4. The van der Waals surface area contributed by atoms with E-state index in [-0.39, 0.29) is 18.0 Å². The van der Waals surface area contributed by atoms with Gasteiger partial charge < -0.3 is 15.3 Å². The maximum atomic E-state index is 12.1. The van der Waals surface area contributed by atoms with Crippen LogP contribution in [0.3, 0.4) is 0 Å². The van der Waals surface area contributed by atoms with Crippen LogP contribution in [0.1, 0.15) is 42.2 Å². The zero-order chi connectivity index (χ0) is 18.8. The standard InChI is InChI=1S/C20H20N2O4/c1-12-9-18(21-20(25)26)17-10-16(7-8-19(17)22(12)13(2)24)15-5-3-14(11-23)4-6-15/h3-8,10-12,18,21H,9H2,1-2H3,(H,25,26)/t12-,18+/m0/s1. The molecule has 1 aliphatic heterocycles. The van der Waals surface area contributed by atoms with Crippen molar-refractivity contribution in [2.24, 2.45) is 0 Å². The van der Waals surface area contributed by atoms with Gasteiger partial charge in [-0.3, -0.25) is 9.59 Å². The fourth-order valence-electron chi connectivity index (χ4n) is 3.56. The Hall–Kier alpha value is -3.15. The summed E-state index contributed by atoms with van der Waals surface area (Å²) in [4.78, 5) is 35.8. The molecule has 0 spiro atoms. The number of benzene rings is 2. The summed E-state index contributed by atoms with van der Waals surface area (Å²) in [6.45, 7) is 3.42. The van der Waals surface area contributed by atoms with Gasteiger partial charge in [-0.1, -0.05) is 30.3 Å². The van der Waals surface area contributed by atoms with Crippen molar-refractivity contribution >= 4 is 24.0 Å². The average molecular weight is 352 g/mol. The number of nitrogens with zero attached hydrogens (tertiary/aromatic N) is 1. The molecule has 26 heavy (non-hydrogen) atoms. The second-order valence-electron chi connectivity index (χ2n) is 6.49. The van der Waals surface area contributed by atoms with Crippen LogP contribution < -0.4 is 10.2 Å². The summed E-state index contributed by atoms with van der Waals surface area (Å²) in [7, 11) is 0. The van der Waals surface area contributed by atoms with Crippen molar-refractivity contribution in [2.45, 2.75) is 32.4 Å². The molecule has 6 heteroatoms. The largest absolute Gasteiger partial charge is 0.465 e. The van der Waals surface area contributed by atoms with Gasteiger partial charge in [0.2, 0.25) is 5.91 Å². The summed E-state index contributed by atoms with van der Waals surface area (Å²) in [5, 5.41) is 11.7. The topological polar surface area (TPSA) is 86.7 Å². The van der Waals surface area contributed by atoms with E-state index in [0.29, 0.717) is 12.0 Å². The molecule has 2 amide bonds. The molecule has 0 radical (unpaired) electrons. The maximum absolute atomic E-state index is 12.1. The number of anilines is 1. The molecule has 3 rings (SSSR count). The van der Waals surface area contributed by atoms with Crippen molar-refractivity contribution in [1.29, 1.82) is 0 Å². The summed E-state index contributed by atoms with van der Waals surface area (Å²) < 4.78 is 0. The zero-order valence-electron chi connectivity index (χ0n) is 14.6. The van der Waals surface area contributed by atoms with Gasteiger partial charge in [0.25, 0.3) is 0 Å². The summed E-state index contributed by atoms with van der Waals surface area (Å²) in [6, 6.07) is 12.3. The number of amides is 2. The summed E-state index contributed by atoms with van der Waals surface area (Å²) in [5.41, 5.74) is 3.91. The second-order valence-corrected chi connectivity index (χ2v) is 6.49. The van der Waals surface area contributed by atoms with Crippen molar-refractivity contribution in [3.05, 3.63) is 53.6 Å². The number of nitrogens with one attached hydrogen (secondary N) is 1. The van der Waals surface area contributed by atoms with Crippen molar-refractivity contribution in [2.75, 3.05) is 4.90 Å². The monoisotopic (exact) mass is 352 g/mol. The number of aldehydes is 1. The molecule has 2 N–H and O–H groups in total. The minimum absolute atomic E-state index is 0.0735. The van der Waals surface area contributed by atoms with E-state index in [4.69, 9.17) is 0 Å². The lowest BCUT2D eigenvalue weighted by Crippen LogP contribution is -2.45. The van der Waals surface area contributed by atoms with Crippen LogP contribution in [0.2, 0.25) is 0 Å². The molecule has 0 aliphatic carbocycles. The molecule has 2 aromatic carbocycles. The number of carbonyl (C=O) groups excluding carboxylic acids is 2. The highest BCUT2D eigenvalue weighted by Crippen LogP contribution is 2.39. The Kier molecular flexibility index (Phi) is 4.75. The molecule has 6 nitrogen and oxygen atoms in total. The smallest absolute Gasteiger partial charge is 0.405 e. The molecule has 2 atom stereocenters. The van der Waals surface area contributed by atoms with Gasteiger partial charge in [-0.2, -0.15) is 0 Å². The fourth-order valence-corrected chi connectivity index (χ4v) is 3.56. The molecule has 0 unspecified atom stereocenters. The number of hydrogen-bond acceptors (Lipinski definition) is 3. The van der Waals surface area contributed by atoms with Crippen LogP contribution in [0, 0.1) is 0 Å². The van der Waals surface area contributed by atoms with Crippen LogP contribution in [0.4, 0.5) is 10.5 Å². The van der Waals surface area contributed by atoms with Crippen molar-refractivity contribution in [3.63, 3.8) is 0 Å². The molecule has 0 saturated carbocycles. The molecule has 1 aliphatic rings. The van der Waals surface area contributed by atoms with Crippen LogP contribution in [0.5, 0.6) is 0 Å². The molecule has 0 fully saturated rings. The summed E-state index contributed by atoms with van der Waals surface area (Å²) in [6.07, 6.45) is 0.201. The third-order valence-electron chi connectivity index (χ3n) is 4.70. The number of fused-ring (bicyclic) bond motifs is 1. The van der Waals surface area contributed by atoms with E-state index >= 15 is 0 Å². The Morgan fingerprint density at radius 2 is 1.81 bits per heavy atom. The third-order valence-corrected chi connectivity index (χ3v) is 4.70. The molecule has 134 valence electrons. The SMILES string of the molecule is CC(=O)N1c2ccc(-c3ccc(C=O)cc3)cc2[C@H](NC(=O)O)C[C@@H]1C. The highest BCUT2D eigenvalue weighted by atomic mass is 16.4. The Bertz CT molecular complexity index is 861. The Balaban J connectivity index is 2.08. The number of hydrogen-bond donors (Lipinski definition) is 2. The lowest BCUT2D eigenvalue weighted by molar-refractivity contribution is -0.117. The van der Waals surface area contributed by atoms with E-state index in [1.165, 1.54) is 6.92 Å². The first-order valence-electron chi connectivity index (χ1n) is 8.39. The van der Waals surface area contributed by atoms with Crippen LogP contribution in [0.15, 0.2) is 42.5 Å². The van der Waals surface area contributed by atoms with Gasteiger partial charge >= 0.3 is 6.09 Å². The minimum atomic E-state index is -1.09. The highest BCUT2D eigenvalue weighted by Gasteiger charge is 2.33. The van der Waals surface area contributed by atoms with E-state index in [1.54, 1.807) is 17.0 Å². The van der Waals surface area contributed by atoms with Gasteiger partial charge in [-0.05, 0) is 42.2 Å². The van der Waals surface area contributed by atoms with Gasteiger partial charge in [0.15, 0.2) is 0 Å². The molecule has 0 aromatic heterocycles. The summed E-state index contributed by atoms with van der Waals surface area (Å²) in [5.74, 6) is -0.0735. The third kappa shape index (κ3) is 3.31. The lowest BCUT2D eigenvalue weighted by Gasteiger charge is -2.39. The quantitative estimate of drug-likeness (QED) is 0.826. The van der Waals surface area contributed by atoms with E-state index in [0.717, 1.165) is 28.7 Å². The zero-order valence-corrected chi connectivity index (χ0v) is 14.6. The first kappa shape index (κ1) is 17.7. The first-order chi connectivity index (χ1) is 12.4. The number of carboxylic acid groups (broad SMARTS) is 1.